The third-order valence-electron chi connectivity index (χ3n) is 2.30. The lowest BCUT2D eigenvalue weighted by molar-refractivity contribution is -0.143. The van der Waals surface area contributed by atoms with Crippen LogP contribution in [0.25, 0.3) is 0 Å². The average Bonchev–Trinajstić information content (AvgIpc) is 2.26. The molecule has 0 aliphatic rings. The van der Waals surface area contributed by atoms with Gasteiger partial charge < -0.3 is 0 Å². The first kappa shape index (κ1) is 15.5. The number of Topliss-reactive ketones (excluding diaryl/α,β-unsaturated/α-hetero) is 1. The molecule has 1 aromatic rings. The number of ketones is 1. The van der Waals surface area contributed by atoms with Gasteiger partial charge in [0.2, 0.25) is 0 Å². The molecule has 1 rings (SSSR count). The SMILES string of the molecule is C[CH]CC(=O)c1cc(C(F)(F)F)cc(C(F)(F)F)c1. The summed E-state index contributed by atoms with van der Waals surface area (Å²) in [6, 6.07) is 0.856. The van der Waals surface area contributed by atoms with Gasteiger partial charge in [0, 0.05) is 12.0 Å². The predicted molar refractivity (Wildman–Crippen MR) is 55.4 cm³/mol. The Bertz CT molecular complexity index is 440. The highest BCUT2D eigenvalue weighted by Crippen LogP contribution is 2.36. The third kappa shape index (κ3) is 3.97. The normalized spacial score (nSPS) is 12.6. The number of halogens is 6. The van der Waals surface area contributed by atoms with Crippen LogP contribution in [0.5, 0.6) is 0 Å². The van der Waals surface area contributed by atoms with Crippen molar-refractivity contribution in [3.8, 4) is 0 Å². The summed E-state index contributed by atoms with van der Waals surface area (Å²) in [4.78, 5) is 11.4. The van der Waals surface area contributed by atoms with E-state index in [1.807, 2.05) is 0 Å². The lowest BCUT2D eigenvalue weighted by atomic mass is 10.00. The molecular weight excluding hydrogens is 274 g/mol. The van der Waals surface area contributed by atoms with Gasteiger partial charge in [-0.15, -0.1) is 0 Å². The maximum absolute atomic E-state index is 12.5. The van der Waals surface area contributed by atoms with Gasteiger partial charge in [-0.1, -0.05) is 6.92 Å². The molecule has 1 nitrogen and oxygen atoms in total. The molecule has 0 aliphatic heterocycles. The van der Waals surface area contributed by atoms with Crippen LogP contribution in [-0.4, -0.2) is 5.78 Å². The average molecular weight is 283 g/mol. The molecule has 0 heterocycles. The third-order valence-corrected chi connectivity index (χ3v) is 2.30. The molecule has 0 saturated carbocycles. The van der Waals surface area contributed by atoms with Gasteiger partial charge >= 0.3 is 12.4 Å². The molecule has 0 saturated heterocycles. The minimum Gasteiger partial charge on any atom is -0.294 e. The second-order valence-electron chi connectivity index (χ2n) is 3.83. The van der Waals surface area contributed by atoms with Crippen LogP contribution in [0, 0.1) is 6.42 Å². The molecule has 1 radical (unpaired) electrons. The molecule has 0 atom stereocenters. The van der Waals surface area contributed by atoms with Gasteiger partial charge in [-0.25, -0.2) is 0 Å². The minimum absolute atomic E-state index is 0.00750. The van der Waals surface area contributed by atoms with Crippen molar-refractivity contribution in [1.82, 2.24) is 0 Å². The van der Waals surface area contributed by atoms with Gasteiger partial charge in [0.1, 0.15) is 0 Å². The molecule has 105 valence electrons. The van der Waals surface area contributed by atoms with Crippen LogP contribution >= 0.6 is 0 Å². The van der Waals surface area contributed by atoms with E-state index in [4.69, 9.17) is 0 Å². The molecule has 0 unspecified atom stereocenters. The van der Waals surface area contributed by atoms with Gasteiger partial charge in [0.15, 0.2) is 5.78 Å². The molecule has 0 bridgehead atoms. The first-order valence-electron chi connectivity index (χ1n) is 5.16. The Balaban J connectivity index is 3.37. The van der Waals surface area contributed by atoms with E-state index in [-0.39, 0.29) is 12.5 Å². The Kier molecular flexibility index (Phi) is 4.27. The second kappa shape index (κ2) is 5.22. The fourth-order valence-corrected chi connectivity index (χ4v) is 1.42. The molecule has 1 aromatic carbocycles. The number of benzene rings is 1. The summed E-state index contributed by atoms with van der Waals surface area (Å²) in [5.41, 5.74) is -3.57. The Morgan fingerprint density at radius 1 is 1.00 bits per heavy atom. The van der Waals surface area contributed by atoms with Gasteiger partial charge in [-0.05, 0) is 24.6 Å². The molecule has 0 fully saturated rings. The maximum Gasteiger partial charge on any atom is 0.416 e. The number of carbonyl (C=O) groups is 1. The van der Waals surface area contributed by atoms with E-state index >= 15 is 0 Å². The van der Waals surface area contributed by atoms with Crippen LogP contribution in [0.4, 0.5) is 26.3 Å². The van der Waals surface area contributed by atoms with Crippen LogP contribution < -0.4 is 0 Å². The smallest absolute Gasteiger partial charge is 0.294 e. The van der Waals surface area contributed by atoms with E-state index in [2.05, 4.69) is 0 Å². The molecule has 0 spiro atoms. The number of hydrogen-bond donors (Lipinski definition) is 0. The van der Waals surface area contributed by atoms with Crippen LogP contribution in [0.15, 0.2) is 18.2 Å². The van der Waals surface area contributed by atoms with Crippen molar-refractivity contribution in [2.45, 2.75) is 25.7 Å². The Hall–Kier alpha value is -1.53. The van der Waals surface area contributed by atoms with Crippen molar-refractivity contribution in [3.63, 3.8) is 0 Å². The van der Waals surface area contributed by atoms with Crippen LogP contribution in [0.2, 0.25) is 0 Å². The predicted octanol–water partition coefficient (Wildman–Crippen LogP) is 4.52. The van der Waals surface area contributed by atoms with E-state index < -0.39 is 34.8 Å². The summed E-state index contributed by atoms with van der Waals surface area (Å²) >= 11 is 0. The summed E-state index contributed by atoms with van der Waals surface area (Å²) in [5.74, 6) is -0.793. The van der Waals surface area contributed by atoms with E-state index in [0.29, 0.717) is 12.1 Å². The van der Waals surface area contributed by atoms with E-state index in [1.165, 1.54) is 13.3 Å². The van der Waals surface area contributed by atoms with Crippen molar-refractivity contribution >= 4 is 5.78 Å². The number of carbonyl (C=O) groups excluding carboxylic acids is 1. The zero-order valence-corrected chi connectivity index (χ0v) is 9.69. The maximum atomic E-state index is 12.5. The molecule has 0 aliphatic carbocycles. The number of alkyl halides is 6. The Morgan fingerprint density at radius 2 is 1.42 bits per heavy atom. The summed E-state index contributed by atoms with van der Waals surface area (Å²) in [7, 11) is 0. The Morgan fingerprint density at radius 3 is 1.74 bits per heavy atom. The highest BCUT2D eigenvalue weighted by molar-refractivity contribution is 5.97. The summed E-state index contributed by atoms with van der Waals surface area (Å²) in [6.07, 6.45) is -8.74. The summed E-state index contributed by atoms with van der Waals surface area (Å²) < 4.78 is 75.0. The molecule has 0 aromatic heterocycles. The van der Waals surface area contributed by atoms with Crippen molar-refractivity contribution in [1.29, 1.82) is 0 Å². The van der Waals surface area contributed by atoms with Gasteiger partial charge in [-0.3, -0.25) is 4.79 Å². The standard InChI is InChI=1S/C12H9F6O/c1-2-3-10(19)7-4-8(11(13,14)15)6-9(5-7)12(16,17)18/h2,4-6H,3H2,1H3. The second-order valence-corrected chi connectivity index (χ2v) is 3.83. The highest BCUT2D eigenvalue weighted by Gasteiger charge is 2.37. The van der Waals surface area contributed by atoms with Gasteiger partial charge in [0.25, 0.3) is 0 Å². The fourth-order valence-electron chi connectivity index (χ4n) is 1.42. The number of hydrogen-bond acceptors (Lipinski definition) is 1. The monoisotopic (exact) mass is 283 g/mol. The zero-order valence-electron chi connectivity index (χ0n) is 9.69. The number of rotatable bonds is 3. The van der Waals surface area contributed by atoms with Gasteiger partial charge in [0.05, 0.1) is 11.1 Å². The van der Waals surface area contributed by atoms with Crippen molar-refractivity contribution in [2.24, 2.45) is 0 Å². The van der Waals surface area contributed by atoms with Crippen molar-refractivity contribution < 1.29 is 31.1 Å². The zero-order chi connectivity index (χ0) is 14.8. The van der Waals surface area contributed by atoms with Crippen molar-refractivity contribution in [3.05, 3.63) is 41.3 Å². The first-order chi connectivity index (χ1) is 8.55. The van der Waals surface area contributed by atoms with Gasteiger partial charge in [-0.2, -0.15) is 26.3 Å². The summed E-state index contributed by atoms with van der Waals surface area (Å²) in [6.45, 7) is 1.48. The highest BCUT2D eigenvalue weighted by atomic mass is 19.4. The van der Waals surface area contributed by atoms with E-state index in [1.54, 1.807) is 0 Å². The molecule has 19 heavy (non-hydrogen) atoms. The molecule has 7 heteroatoms. The lowest BCUT2D eigenvalue weighted by Crippen LogP contribution is -2.13. The molecular formula is C12H9F6O. The van der Waals surface area contributed by atoms with Crippen LogP contribution in [0.3, 0.4) is 0 Å². The quantitative estimate of drug-likeness (QED) is 0.588. The van der Waals surface area contributed by atoms with Crippen LogP contribution in [-0.2, 0) is 12.4 Å². The largest absolute Gasteiger partial charge is 0.416 e. The minimum atomic E-state index is -4.94. The van der Waals surface area contributed by atoms with Crippen LogP contribution in [0.1, 0.15) is 34.8 Å². The fraction of sp³-hybridized carbons (Fsp3) is 0.333. The molecule has 0 N–H and O–H groups in total. The first-order valence-corrected chi connectivity index (χ1v) is 5.16. The summed E-state index contributed by atoms with van der Waals surface area (Å²) in [5, 5.41) is 0. The lowest BCUT2D eigenvalue weighted by Gasteiger charge is -2.13. The van der Waals surface area contributed by atoms with E-state index in [9.17, 15) is 31.1 Å². The topological polar surface area (TPSA) is 17.1 Å². The Labute approximate surface area is 105 Å². The molecule has 0 amide bonds. The van der Waals surface area contributed by atoms with E-state index in [0.717, 1.165) is 0 Å². The van der Waals surface area contributed by atoms with Crippen molar-refractivity contribution in [2.75, 3.05) is 0 Å².